The van der Waals surface area contributed by atoms with Crippen LogP contribution in [0.4, 0.5) is 4.39 Å². The molecule has 1 fully saturated rings. The smallest absolute Gasteiger partial charge is 0.268 e. The first-order valence-corrected chi connectivity index (χ1v) is 11.1. The van der Waals surface area contributed by atoms with Gasteiger partial charge in [0.1, 0.15) is 23.8 Å². The van der Waals surface area contributed by atoms with E-state index in [0.29, 0.717) is 24.8 Å². The fraction of sp³-hybridized carbons (Fsp3) is 0.280. The van der Waals surface area contributed by atoms with E-state index in [9.17, 15) is 23.6 Å². The Bertz CT molecular complexity index is 1170. The molecule has 1 aliphatic heterocycles. The Morgan fingerprint density at radius 3 is 2.56 bits per heavy atom. The molecule has 0 bridgehead atoms. The fourth-order valence-electron chi connectivity index (χ4n) is 4.11. The van der Waals surface area contributed by atoms with Crippen LogP contribution in [0.5, 0.6) is 0 Å². The second kappa shape index (κ2) is 10.3. The standard InChI is InChI=1S/C25H25FN4O4/c26-18-7-5-15(6-8-18)11-21(24(33)28-19(14-31)12-17-9-10-27-23(17)32)30-25(34)22-13-16-3-1-2-4-20(16)29-22/h1-8,13-14,17,19,21,29H,9-12H2,(H,27,32)(H,28,33)(H,30,34)/t17-,19-,21-/m0/s1. The van der Waals surface area contributed by atoms with Crippen LogP contribution >= 0.6 is 0 Å². The Hall–Kier alpha value is -4.01. The number of H-pyrrole nitrogens is 1. The van der Waals surface area contributed by atoms with E-state index < -0.39 is 29.7 Å². The predicted molar refractivity (Wildman–Crippen MR) is 123 cm³/mol. The SMILES string of the molecule is O=C[C@H](C[C@@H]1CCNC1=O)NC(=O)[C@H](Cc1ccc(F)cc1)NC(=O)c1cc2ccccc2[nH]1. The van der Waals surface area contributed by atoms with Crippen LogP contribution in [-0.4, -0.2) is 47.6 Å². The van der Waals surface area contributed by atoms with Gasteiger partial charge in [-0.3, -0.25) is 14.4 Å². The summed E-state index contributed by atoms with van der Waals surface area (Å²) in [4.78, 5) is 52.6. The Morgan fingerprint density at radius 2 is 1.88 bits per heavy atom. The third kappa shape index (κ3) is 5.48. The maximum atomic E-state index is 13.3. The quantitative estimate of drug-likeness (QED) is 0.361. The number of carbonyl (C=O) groups is 4. The number of nitrogens with one attached hydrogen (secondary N) is 4. The summed E-state index contributed by atoms with van der Waals surface area (Å²) in [5.74, 6) is -1.97. The maximum absolute atomic E-state index is 13.3. The molecule has 2 heterocycles. The van der Waals surface area contributed by atoms with Crippen molar-refractivity contribution in [2.24, 2.45) is 5.92 Å². The summed E-state index contributed by atoms with van der Waals surface area (Å²) in [5, 5.41) is 8.92. The van der Waals surface area contributed by atoms with E-state index in [-0.39, 0.29) is 30.4 Å². The first-order chi connectivity index (χ1) is 16.4. The topological polar surface area (TPSA) is 120 Å². The van der Waals surface area contributed by atoms with E-state index in [0.717, 1.165) is 10.9 Å². The lowest BCUT2D eigenvalue weighted by Crippen LogP contribution is -2.51. The van der Waals surface area contributed by atoms with Crippen molar-refractivity contribution in [1.29, 1.82) is 0 Å². The third-order valence-electron chi connectivity index (χ3n) is 5.94. The number of para-hydroxylation sites is 1. The van der Waals surface area contributed by atoms with Crippen molar-refractivity contribution >= 4 is 34.9 Å². The Morgan fingerprint density at radius 1 is 1.12 bits per heavy atom. The van der Waals surface area contributed by atoms with Crippen molar-refractivity contribution in [1.82, 2.24) is 20.9 Å². The zero-order valence-electron chi connectivity index (χ0n) is 18.3. The van der Waals surface area contributed by atoms with Crippen LogP contribution in [0, 0.1) is 11.7 Å². The highest BCUT2D eigenvalue weighted by atomic mass is 19.1. The Kier molecular flexibility index (Phi) is 7.01. The Balaban J connectivity index is 1.50. The van der Waals surface area contributed by atoms with Gasteiger partial charge >= 0.3 is 0 Å². The van der Waals surface area contributed by atoms with Crippen molar-refractivity contribution in [3.8, 4) is 0 Å². The molecule has 3 amide bonds. The molecule has 0 saturated carbocycles. The van der Waals surface area contributed by atoms with Crippen LogP contribution in [0.15, 0.2) is 54.6 Å². The fourth-order valence-corrected chi connectivity index (χ4v) is 4.11. The number of rotatable bonds is 9. The molecular formula is C25H25FN4O4. The number of hydrogen-bond acceptors (Lipinski definition) is 4. The van der Waals surface area contributed by atoms with Gasteiger partial charge in [0.25, 0.3) is 5.91 Å². The van der Waals surface area contributed by atoms with Crippen molar-refractivity contribution in [2.75, 3.05) is 6.54 Å². The molecule has 1 aromatic heterocycles. The van der Waals surface area contributed by atoms with Gasteiger partial charge in [-0.1, -0.05) is 30.3 Å². The van der Waals surface area contributed by atoms with E-state index in [1.807, 2.05) is 24.3 Å². The first-order valence-electron chi connectivity index (χ1n) is 11.1. The number of aromatic nitrogens is 1. The summed E-state index contributed by atoms with van der Waals surface area (Å²) in [5.41, 5.74) is 1.70. The minimum absolute atomic E-state index is 0.0908. The highest BCUT2D eigenvalue weighted by Crippen LogP contribution is 2.17. The zero-order chi connectivity index (χ0) is 24.1. The number of hydrogen-bond donors (Lipinski definition) is 4. The van der Waals surface area contributed by atoms with Crippen molar-refractivity contribution in [3.05, 3.63) is 71.7 Å². The molecule has 3 aromatic rings. The van der Waals surface area contributed by atoms with Crippen LogP contribution in [0.25, 0.3) is 10.9 Å². The monoisotopic (exact) mass is 464 g/mol. The van der Waals surface area contributed by atoms with Crippen LogP contribution in [0.1, 0.15) is 28.9 Å². The third-order valence-corrected chi connectivity index (χ3v) is 5.94. The predicted octanol–water partition coefficient (Wildman–Crippen LogP) is 1.86. The second-order valence-electron chi connectivity index (χ2n) is 8.39. The van der Waals surface area contributed by atoms with Gasteiger partial charge in [0.05, 0.1) is 6.04 Å². The molecule has 1 aliphatic rings. The number of fused-ring (bicyclic) bond motifs is 1. The molecule has 0 unspecified atom stereocenters. The number of benzene rings is 2. The zero-order valence-corrected chi connectivity index (χ0v) is 18.3. The van der Waals surface area contributed by atoms with Crippen molar-refractivity contribution in [3.63, 3.8) is 0 Å². The van der Waals surface area contributed by atoms with Gasteiger partial charge in [-0.25, -0.2) is 4.39 Å². The molecule has 4 N–H and O–H groups in total. The van der Waals surface area contributed by atoms with E-state index in [1.165, 1.54) is 24.3 Å². The van der Waals surface area contributed by atoms with E-state index in [4.69, 9.17) is 0 Å². The molecule has 3 atom stereocenters. The summed E-state index contributed by atoms with van der Waals surface area (Å²) in [6.45, 7) is 0.538. The summed E-state index contributed by atoms with van der Waals surface area (Å²) >= 11 is 0. The molecular weight excluding hydrogens is 439 g/mol. The molecule has 0 radical (unpaired) electrons. The van der Waals surface area contributed by atoms with Crippen molar-refractivity contribution < 1.29 is 23.6 Å². The van der Waals surface area contributed by atoms with Crippen molar-refractivity contribution in [2.45, 2.75) is 31.3 Å². The Labute approximate surface area is 195 Å². The number of amides is 3. The minimum atomic E-state index is -1.02. The van der Waals surface area contributed by atoms with Gasteiger partial charge in [-0.2, -0.15) is 0 Å². The lowest BCUT2D eigenvalue weighted by molar-refractivity contribution is -0.127. The van der Waals surface area contributed by atoms with Crippen LogP contribution < -0.4 is 16.0 Å². The largest absolute Gasteiger partial charge is 0.356 e. The van der Waals surface area contributed by atoms with Crippen LogP contribution in [-0.2, 0) is 20.8 Å². The lowest BCUT2D eigenvalue weighted by Gasteiger charge is -2.22. The average molecular weight is 464 g/mol. The second-order valence-corrected chi connectivity index (χ2v) is 8.39. The summed E-state index contributed by atoms with van der Waals surface area (Å²) in [6, 6.07) is 12.8. The van der Waals surface area contributed by atoms with Gasteiger partial charge < -0.3 is 25.7 Å². The molecule has 9 heteroatoms. The molecule has 8 nitrogen and oxygen atoms in total. The molecule has 4 rings (SSSR count). The highest BCUT2D eigenvalue weighted by molar-refractivity contribution is 6.00. The summed E-state index contributed by atoms with van der Waals surface area (Å²) in [7, 11) is 0. The average Bonchev–Trinajstić information content (AvgIpc) is 3.45. The maximum Gasteiger partial charge on any atom is 0.268 e. The van der Waals surface area contributed by atoms with Gasteiger partial charge in [0.15, 0.2) is 0 Å². The van der Waals surface area contributed by atoms with E-state index >= 15 is 0 Å². The summed E-state index contributed by atoms with van der Waals surface area (Å²) < 4.78 is 13.3. The van der Waals surface area contributed by atoms with Gasteiger partial charge in [0.2, 0.25) is 11.8 Å². The molecule has 176 valence electrons. The molecule has 2 aromatic carbocycles. The van der Waals surface area contributed by atoms with Gasteiger partial charge in [-0.05, 0) is 42.7 Å². The molecule has 0 aliphatic carbocycles. The number of aldehydes is 1. The van der Waals surface area contributed by atoms with Crippen LogP contribution in [0.3, 0.4) is 0 Å². The van der Waals surface area contributed by atoms with Gasteiger partial charge in [-0.15, -0.1) is 0 Å². The molecule has 1 saturated heterocycles. The highest BCUT2D eigenvalue weighted by Gasteiger charge is 2.30. The normalized spacial score (nSPS) is 17.1. The number of carbonyl (C=O) groups excluding carboxylic acids is 4. The number of aromatic amines is 1. The first kappa shape index (κ1) is 23.2. The van der Waals surface area contributed by atoms with Gasteiger partial charge in [0, 0.05) is 29.8 Å². The molecule has 34 heavy (non-hydrogen) atoms. The van der Waals surface area contributed by atoms with E-state index in [2.05, 4.69) is 20.9 Å². The van der Waals surface area contributed by atoms with Crippen LogP contribution in [0.2, 0.25) is 0 Å². The lowest BCUT2D eigenvalue weighted by atomic mass is 9.98. The molecule has 0 spiro atoms. The summed E-state index contributed by atoms with van der Waals surface area (Å²) in [6.07, 6.45) is 1.46. The van der Waals surface area contributed by atoms with E-state index in [1.54, 1.807) is 6.07 Å². The number of halogens is 1. The minimum Gasteiger partial charge on any atom is -0.356 e.